The molecule has 1 fully saturated rings. The maximum atomic E-state index is 11.2. The average Bonchev–Trinajstić information content (AvgIpc) is 2.36. The standard InChI is InChI=1S/C13H25IN2O/c1-15-12-5-3-11(4-6-12)10-16(2)8-7-13(17)9-14/h11-12,15H,3-10H2,1-2H3. The fraction of sp³-hybridized carbons (Fsp3) is 0.923. The number of ketones is 1. The number of hydrogen-bond donors (Lipinski definition) is 1. The average molecular weight is 352 g/mol. The first-order valence-corrected chi connectivity index (χ1v) is 8.11. The van der Waals surface area contributed by atoms with Gasteiger partial charge in [0.25, 0.3) is 0 Å². The highest BCUT2D eigenvalue weighted by molar-refractivity contribution is 14.1. The second-order valence-corrected chi connectivity index (χ2v) is 5.95. The van der Waals surface area contributed by atoms with Crippen LogP contribution in [0.3, 0.4) is 0 Å². The summed E-state index contributed by atoms with van der Waals surface area (Å²) in [5, 5.41) is 3.37. The Morgan fingerprint density at radius 2 is 2.00 bits per heavy atom. The van der Waals surface area contributed by atoms with Gasteiger partial charge in [-0.05, 0) is 45.7 Å². The van der Waals surface area contributed by atoms with E-state index in [2.05, 4.69) is 46.9 Å². The van der Waals surface area contributed by atoms with Crippen LogP contribution >= 0.6 is 22.6 Å². The number of hydrogen-bond acceptors (Lipinski definition) is 3. The molecule has 3 nitrogen and oxygen atoms in total. The van der Waals surface area contributed by atoms with Gasteiger partial charge in [0.15, 0.2) is 0 Å². The quantitative estimate of drug-likeness (QED) is 0.563. The zero-order chi connectivity index (χ0) is 12.7. The van der Waals surface area contributed by atoms with E-state index in [1.165, 1.54) is 25.7 Å². The fourth-order valence-electron chi connectivity index (χ4n) is 2.55. The van der Waals surface area contributed by atoms with E-state index in [1.54, 1.807) is 0 Å². The lowest BCUT2D eigenvalue weighted by molar-refractivity contribution is -0.116. The van der Waals surface area contributed by atoms with Crippen LogP contribution in [0.25, 0.3) is 0 Å². The minimum atomic E-state index is 0.372. The minimum absolute atomic E-state index is 0.372. The Labute approximate surface area is 119 Å². The molecule has 0 aliphatic heterocycles. The molecule has 0 amide bonds. The van der Waals surface area contributed by atoms with E-state index in [-0.39, 0.29) is 0 Å². The molecule has 1 saturated carbocycles. The van der Waals surface area contributed by atoms with Gasteiger partial charge in [-0.1, -0.05) is 22.6 Å². The zero-order valence-electron chi connectivity index (χ0n) is 11.0. The van der Waals surface area contributed by atoms with Crippen molar-refractivity contribution >= 4 is 28.4 Å². The van der Waals surface area contributed by atoms with Crippen LogP contribution in [0.2, 0.25) is 0 Å². The Kier molecular flexibility index (Phi) is 7.62. The van der Waals surface area contributed by atoms with E-state index >= 15 is 0 Å². The first-order valence-electron chi connectivity index (χ1n) is 6.59. The van der Waals surface area contributed by atoms with Gasteiger partial charge in [0, 0.05) is 25.6 Å². The third kappa shape index (κ3) is 6.15. The minimum Gasteiger partial charge on any atom is -0.317 e. The summed E-state index contributed by atoms with van der Waals surface area (Å²) in [6.45, 7) is 2.08. The van der Waals surface area contributed by atoms with Gasteiger partial charge < -0.3 is 10.2 Å². The Morgan fingerprint density at radius 3 is 2.53 bits per heavy atom. The number of rotatable bonds is 7. The van der Waals surface area contributed by atoms with E-state index in [0.29, 0.717) is 16.6 Å². The van der Waals surface area contributed by atoms with Crippen molar-refractivity contribution in [2.24, 2.45) is 5.92 Å². The third-order valence-corrected chi connectivity index (χ3v) is 4.60. The summed E-state index contributed by atoms with van der Waals surface area (Å²) in [6.07, 6.45) is 5.99. The second-order valence-electron chi connectivity index (χ2n) is 5.19. The Hall–Kier alpha value is 0.320. The molecule has 0 unspecified atom stereocenters. The molecule has 0 heterocycles. The summed E-state index contributed by atoms with van der Waals surface area (Å²) in [5.74, 6) is 1.20. The SMILES string of the molecule is CNC1CCC(CN(C)CCC(=O)CI)CC1. The summed E-state index contributed by atoms with van der Waals surface area (Å²) in [4.78, 5) is 13.6. The summed E-state index contributed by atoms with van der Waals surface area (Å²) in [5.41, 5.74) is 0. The molecule has 0 aromatic heterocycles. The first kappa shape index (κ1) is 15.4. The highest BCUT2D eigenvalue weighted by Gasteiger charge is 2.20. The summed E-state index contributed by atoms with van der Waals surface area (Å²) < 4.78 is 0.652. The maximum absolute atomic E-state index is 11.2. The fourth-order valence-corrected chi connectivity index (χ4v) is 2.93. The third-order valence-electron chi connectivity index (χ3n) is 3.75. The zero-order valence-corrected chi connectivity index (χ0v) is 13.2. The van der Waals surface area contributed by atoms with Gasteiger partial charge >= 0.3 is 0 Å². The molecule has 0 spiro atoms. The highest BCUT2D eigenvalue weighted by Crippen LogP contribution is 2.24. The van der Waals surface area contributed by atoms with Crippen LogP contribution in [0, 0.1) is 5.92 Å². The molecule has 100 valence electrons. The van der Waals surface area contributed by atoms with Crippen LogP contribution in [0.15, 0.2) is 0 Å². The second kappa shape index (κ2) is 8.43. The normalized spacial score (nSPS) is 25.2. The van der Waals surface area contributed by atoms with Gasteiger partial charge in [0.1, 0.15) is 5.78 Å². The Morgan fingerprint density at radius 1 is 1.35 bits per heavy atom. The van der Waals surface area contributed by atoms with E-state index in [4.69, 9.17) is 0 Å². The van der Waals surface area contributed by atoms with Crippen molar-refractivity contribution < 1.29 is 4.79 Å². The summed E-state index contributed by atoms with van der Waals surface area (Å²) >= 11 is 2.15. The molecular formula is C13H25IN2O. The van der Waals surface area contributed by atoms with E-state index < -0.39 is 0 Å². The molecule has 0 atom stereocenters. The van der Waals surface area contributed by atoms with Crippen molar-refractivity contribution in [2.75, 3.05) is 31.6 Å². The molecule has 17 heavy (non-hydrogen) atoms. The smallest absolute Gasteiger partial charge is 0.143 e. The molecule has 0 radical (unpaired) electrons. The molecule has 1 aliphatic carbocycles. The maximum Gasteiger partial charge on any atom is 0.143 e. The van der Waals surface area contributed by atoms with Gasteiger partial charge in [0.05, 0.1) is 4.43 Å². The molecule has 4 heteroatoms. The first-order chi connectivity index (χ1) is 8.15. The number of nitrogens with one attached hydrogen (secondary N) is 1. The Balaban J connectivity index is 2.14. The monoisotopic (exact) mass is 352 g/mol. The van der Waals surface area contributed by atoms with Crippen LogP contribution in [-0.4, -0.2) is 48.3 Å². The molecule has 0 aromatic rings. The number of halogens is 1. The van der Waals surface area contributed by atoms with Crippen molar-refractivity contribution in [3.63, 3.8) is 0 Å². The van der Waals surface area contributed by atoms with E-state index in [1.807, 2.05) is 0 Å². The molecular weight excluding hydrogens is 327 g/mol. The topological polar surface area (TPSA) is 32.3 Å². The van der Waals surface area contributed by atoms with Crippen LogP contribution in [0.5, 0.6) is 0 Å². The number of carbonyl (C=O) groups is 1. The summed E-state index contributed by atoms with van der Waals surface area (Å²) in [6, 6.07) is 0.733. The van der Waals surface area contributed by atoms with Crippen LogP contribution in [-0.2, 0) is 4.79 Å². The van der Waals surface area contributed by atoms with Crippen molar-refractivity contribution in [1.29, 1.82) is 0 Å². The molecule has 0 saturated heterocycles. The lowest BCUT2D eigenvalue weighted by atomic mass is 9.86. The van der Waals surface area contributed by atoms with Crippen LogP contribution in [0.1, 0.15) is 32.1 Å². The van der Waals surface area contributed by atoms with Gasteiger partial charge in [0.2, 0.25) is 0 Å². The molecule has 1 N–H and O–H groups in total. The number of nitrogens with zero attached hydrogens (tertiary/aromatic N) is 1. The predicted octanol–water partition coefficient (Wildman–Crippen LogP) is 2.09. The largest absolute Gasteiger partial charge is 0.317 e. The van der Waals surface area contributed by atoms with Gasteiger partial charge in [-0.2, -0.15) is 0 Å². The van der Waals surface area contributed by atoms with Gasteiger partial charge in [-0.3, -0.25) is 4.79 Å². The summed E-state index contributed by atoms with van der Waals surface area (Å²) in [7, 11) is 4.21. The van der Waals surface area contributed by atoms with Crippen molar-refractivity contribution in [1.82, 2.24) is 10.2 Å². The van der Waals surface area contributed by atoms with Crippen molar-refractivity contribution in [3.05, 3.63) is 0 Å². The molecule has 0 bridgehead atoms. The van der Waals surface area contributed by atoms with Gasteiger partial charge in [-0.15, -0.1) is 0 Å². The lowest BCUT2D eigenvalue weighted by Crippen LogP contribution is -2.35. The number of alkyl halides is 1. The Bertz CT molecular complexity index is 227. The van der Waals surface area contributed by atoms with Crippen LogP contribution < -0.4 is 5.32 Å². The van der Waals surface area contributed by atoms with Gasteiger partial charge in [-0.25, -0.2) is 0 Å². The highest BCUT2D eigenvalue weighted by atomic mass is 127. The van der Waals surface area contributed by atoms with E-state index in [9.17, 15) is 4.79 Å². The lowest BCUT2D eigenvalue weighted by Gasteiger charge is -2.31. The van der Waals surface area contributed by atoms with Crippen molar-refractivity contribution in [2.45, 2.75) is 38.1 Å². The predicted molar refractivity (Wildman–Crippen MR) is 80.8 cm³/mol. The van der Waals surface area contributed by atoms with E-state index in [0.717, 1.165) is 25.0 Å². The number of carbonyl (C=O) groups excluding carboxylic acids is 1. The van der Waals surface area contributed by atoms with Crippen LogP contribution in [0.4, 0.5) is 0 Å². The number of Topliss-reactive ketones (excluding diaryl/α,β-unsaturated/α-hetero) is 1. The van der Waals surface area contributed by atoms with Crippen molar-refractivity contribution in [3.8, 4) is 0 Å². The molecule has 1 aliphatic rings. The molecule has 1 rings (SSSR count). The molecule has 0 aromatic carbocycles.